The predicted molar refractivity (Wildman–Crippen MR) is 69.3 cm³/mol. The van der Waals surface area contributed by atoms with E-state index < -0.39 is 17.6 Å². The molecule has 2 N–H and O–H groups in total. The van der Waals surface area contributed by atoms with E-state index in [1.807, 2.05) is 13.8 Å². The molecule has 0 bridgehead atoms. The highest BCUT2D eigenvalue weighted by molar-refractivity contribution is 5.90. The summed E-state index contributed by atoms with van der Waals surface area (Å²) in [7, 11) is 1.71. The minimum Gasteiger partial charge on any atom is -0.480 e. The molecule has 1 aliphatic heterocycles. The molecule has 1 saturated heterocycles. The van der Waals surface area contributed by atoms with Crippen LogP contribution in [0.25, 0.3) is 0 Å². The van der Waals surface area contributed by atoms with Crippen molar-refractivity contribution in [3.05, 3.63) is 0 Å². The van der Waals surface area contributed by atoms with E-state index >= 15 is 0 Å². The van der Waals surface area contributed by atoms with Crippen molar-refractivity contribution < 1.29 is 14.7 Å². The van der Waals surface area contributed by atoms with E-state index in [-0.39, 0.29) is 11.3 Å². The van der Waals surface area contributed by atoms with E-state index in [9.17, 15) is 14.7 Å². The molecule has 0 aliphatic carbocycles. The molecule has 1 amide bonds. The molecular weight excluding hydrogens is 232 g/mol. The molecule has 1 atom stereocenters. The lowest BCUT2D eigenvalue weighted by atomic mass is 9.76. The maximum atomic E-state index is 12.5. The third kappa shape index (κ3) is 2.66. The summed E-state index contributed by atoms with van der Waals surface area (Å²) in [5.41, 5.74) is -1.12. The largest absolute Gasteiger partial charge is 0.480 e. The van der Waals surface area contributed by atoms with Gasteiger partial charge in [-0.15, -0.1) is 0 Å². The van der Waals surface area contributed by atoms with Crippen LogP contribution in [0, 0.1) is 5.41 Å². The fourth-order valence-electron chi connectivity index (χ4n) is 2.55. The van der Waals surface area contributed by atoms with Crippen LogP contribution in [0.1, 0.15) is 40.5 Å². The Morgan fingerprint density at radius 1 is 1.39 bits per heavy atom. The van der Waals surface area contributed by atoms with Crippen molar-refractivity contribution in [2.75, 3.05) is 13.6 Å². The quantitative estimate of drug-likeness (QED) is 0.793. The number of nitrogens with zero attached hydrogens (tertiary/aromatic N) is 1. The first-order valence-corrected chi connectivity index (χ1v) is 6.36. The van der Waals surface area contributed by atoms with Crippen molar-refractivity contribution >= 4 is 11.9 Å². The van der Waals surface area contributed by atoms with Crippen molar-refractivity contribution in [1.29, 1.82) is 0 Å². The normalized spacial score (nSPS) is 23.8. The summed E-state index contributed by atoms with van der Waals surface area (Å²) in [4.78, 5) is 25.5. The number of piperidine rings is 1. The molecular formula is C13H24N2O3. The molecule has 0 aromatic carbocycles. The molecule has 104 valence electrons. The zero-order chi connectivity index (χ0) is 14.1. The standard InChI is InChI=1S/C13H24N2O3/c1-12(2)7-6-8-15(9(12)10(16)17)11(18)13(3,4)14-5/h9,14H,6-8H2,1-5H3,(H,16,17). The van der Waals surface area contributed by atoms with Crippen LogP contribution in [0.3, 0.4) is 0 Å². The second-order valence-corrected chi connectivity index (χ2v) is 6.21. The summed E-state index contributed by atoms with van der Waals surface area (Å²) in [6, 6.07) is -0.744. The first-order valence-electron chi connectivity index (χ1n) is 6.36. The second kappa shape index (κ2) is 4.88. The Morgan fingerprint density at radius 2 is 1.94 bits per heavy atom. The molecule has 1 aliphatic rings. The Morgan fingerprint density at radius 3 is 2.39 bits per heavy atom. The average Bonchev–Trinajstić information content (AvgIpc) is 2.25. The van der Waals surface area contributed by atoms with Crippen LogP contribution < -0.4 is 5.32 Å². The van der Waals surface area contributed by atoms with Gasteiger partial charge < -0.3 is 15.3 Å². The molecule has 5 heteroatoms. The Balaban J connectivity index is 3.06. The molecule has 1 rings (SSSR count). The summed E-state index contributed by atoms with van der Waals surface area (Å²) in [6.45, 7) is 7.89. The summed E-state index contributed by atoms with van der Waals surface area (Å²) < 4.78 is 0. The van der Waals surface area contributed by atoms with Crippen LogP contribution in [0.5, 0.6) is 0 Å². The third-order valence-corrected chi connectivity index (χ3v) is 3.93. The maximum absolute atomic E-state index is 12.5. The van der Waals surface area contributed by atoms with E-state index in [4.69, 9.17) is 0 Å². The number of rotatable bonds is 3. The molecule has 0 spiro atoms. The van der Waals surface area contributed by atoms with Gasteiger partial charge in [0.15, 0.2) is 0 Å². The molecule has 1 fully saturated rings. The molecule has 0 aromatic rings. The van der Waals surface area contributed by atoms with Crippen LogP contribution in [-0.2, 0) is 9.59 Å². The number of hydrogen-bond donors (Lipinski definition) is 2. The topological polar surface area (TPSA) is 69.6 Å². The van der Waals surface area contributed by atoms with Crippen molar-refractivity contribution in [2.45, 2.75) is 52.1 Å². The van der Waals surface area contributed by atoms with Crippen molar-refractivity contribution in [3.63, 3.8) is 0 Å². The monoisotopic (exact) mass is 256 g/mol. The van der Waals surface area contributed by atoms with Gasteiger partial charge >= 0.3 is 5.97 Å². The molecule has 0 radical (unpaired) electrons. The number of carboxylic acid groups (broad SMARTS) is 1. The number of likely N-dealkylation sites (N-methyl/N-ethyl adjacent to an activating group) is 1. The van der Waals surface area contributed by atoms with Gasteiger partial charge in [0.2, 0.25) is 5.91 Å². The highest BCUT2D eigenvalue weighted by atomic mass is 16.4. The van der Waals surface area contributed by atoms with Crippen LogP contribution in [-0.4, -0.2) is 47.1 Å². The van der Waals surface area contributed by atoms with Gasteiger partial charge in [-0.3, -0.25) is 4.79 Å². The Bertz CT molecular complexity index is 350. The lowest BCUT2D eigenvalue weighted by Gasteiger charge is -2.46. The Labute approximate surface area is 109 Å². The van der Waals surface area contributed by atoms with Gasteiger partial charge in [-0.05, 0) is 39.2 Å². The van der Waals surface area contributed by atoms with E-state index in [1.165, 1.54) is 4.90 Å². The molecule has 5 nitrogen and oxygen atoms in total. The zero-order valence-corrected chi connectivity index (χ0v) is 11.9. The molecule has 0 aromatic heterocycles. The van der Waals surface area contributed by atoms with E-state index in [0.29, 0.717) is 6.54 Å². The summed E-state index contributed by atoms with van der Waals surface area (Å²) >= 11 is 0. The van der Waals surface area contributed by atoms with Gasteiger partial charge in [0, 0.05) is 6.54 Å². The van der Waals surface area contributed by atoms with E-state index in [1.54, 1.807) is 20.9 Å². The lowest BCUT2D eigenvalue weighted by Crippen LogP contribution is -2.62. The van der Waals surface area contributed by atoms with E-state index in [2.05, 4.69) is 5.32 Å². The van der Waals surface area contributed by atoms with Gasteiger partial charge in [-0.1, -0.05) is 13.8 Å². The molecule has 0 saturated carbocycles. The summed E-state index contributed by atoms with van der Waals surface area (Å²) in [5, 5.41) is 12.4. The highest BCUT2D eigenvalue weighted by Gasteiger charge is 2.47. The minimum absolute atomic E-state index is 0.148. The molecule has 18 heavy (non-hydrogen) atoms. The SMILES string of the molecule is CNC(C)(C)C(=O)N1CCCC(C)(C)C1C(=O)O. The second-order valence-electron chi connectivity index (χ2n) is 6.21. The number of carbonyl (C=O) groups is 2. The number of hydrogen-bond acceptors (Lipinski definition) is 3. The number of likely N-dealkylation sites (tertiary alicyclic amines) is 1. The first kappa shape index (κ1) is 15.0. The number of nitrogens with one attached hydrogen (secondary N) is 1. The zero-order valence-electron chi connectivity index (χ0n) is 11.9. The van der Waals surface area contributed by atoms with Crippen molar-refractivity contribution in [1.82, 2.24) is 10.2 Å². The van der Waals surface area contributed by atoms with Gasteiger partial charge in [-0.25, -0.2) is 4.79 Å². The third-order valence-electron chi connectivity index (χ3n) is 3.93. The number of amides is 1. The molecule has 1 unspecified atom stereocenters. The molecule has 1 heterocycles. The van der Waals surface area contributed by atoms with Crippen LogP contribution in [0.4, 0.5) is 0 Å². The van der Waals surface area contributed by atoms with Crippen molar-refractivity contribution in [2.24, 2.45) is 5.41 Å². The van der Waals surface area contributed by atoms with Crippen LogP contribution >= 0.6 is 0 Å². The van der Waals surface area contributed by atoms with E-state index in [0.717, 1.165) is 12.8 Å². The summed E-state index contributed by atoms with van der Waals surface area (Å²) in [5.74, 6) is -1.06. The predicted octanol–water partition coefficient (Wildman–Crippen LogP) is 1.09. The van der Waals surface area contributed by atoms with Gasteiger partial charge in [0.25, 0.3) is 0 Å². The average molecular weight is 256 g/mol. The first-order chi connectivity index (χ1) is 8.13. The highest BCUT2D eigenvalue weighted by Crippen LogP contribution is 2.36. The minimum atomic E-state index is -0.917. The summed E-state index contributed by atoms with van der Waals surface area (Å²) in [6.07, 6.45) is 1.68. The lowest BCUT2D eigenvalue weighted by molar-refractivity contribution is -0.161. The fraction of sp³-hybridized carbons (Fsp3) is 0.846. The van der Waals surface area contributed by atoms with Crippen molar-refractivity contribution in [3.8, 4) is 0 Å². The van der Waals surface area contributed by atoms with Crippen LogP contribution in [0.15, 0.2) is 0 Å². The van der Waals surface area contributed by atoms with Gasteiger partial charge in [0.05, 0.1) is 5.54 Å². The number of carbonyl (C=O) groups excluding carboxylic acids is 1. The number of carboxylic acids is 1. The Hall–Kier alpha value is -1.10. The smallest absolute Gasteiger partial charge is 0.326 e. The number of aliphatic carboxylic acids is 1. The van der Waals surface area contributed by atoms with Gasteiger partial charge in [-0.2, -0.15) is 0 Å². The maximum Gasteiger partial charge on any atom is 0.326 e. The van der Waals surface area contributed by atoms with Crippen LogP contribution in [0.2, 0.25) is 0 Å². The fourth-order valence-corrected chi connectivity index (χ4v) is 2.55. The van der Waals surface area contributed by atoms with Gasteiger partial charge in [0.1, 0.15) is 6.04 Å². The Kier molecular flexibility index (Phi) is 4.05.